The van der Waals surface area contributed by atoms with Gasteiger partial charge in [0.1, 0.15) is 17.5 Å². The molecule has 0 fully saturated rings. The van der Waals surface area contributed by atoms with Crippen LogP contribution in [0.5, 0.6) is 5.75 Å². The first-order valence-electron chi connectivity index (χ1n) is 9.59. The van der Waals surface area contributed by atoms with Gasteiger partial charge in [-0.15, -0.1) is 0 Å². The number of anilines is 1. The van der Waals surface area contributed by atoms with E-state index in [1.54, 1.807) is 19.1 Å². The normalized spacial score (nSPS) is 13.4. The molecule has 11 heteroatoms. The lowest BCUT2D eigenvalue weighted by atomic mass is 10.1. The van der Waals surface area contributed by atoms with Crippen molar-refractivity contribution in [3.63, 3.8) is 0 Å². The molecule has 1 atom stereocenters. The fourth-order valence-corrected chi connectivity index (χ4v) is 3.13. The SMILES string of the molecule is CCOc1ccc(NC(=O)COC(=O)C(C)N2C(=O)c3ccccc3C2=O)c([N+](=O)[O-])c1. The van der Waals surface area contributed by atoms with Crippen molar-refractivity contribution in [1.82, 2.24) is 4.90 Å². The van der Waals surface area contributed by atoms with E-state index in [-0.39, 0.29) is 22.6 Å². The third kappa shape index (κ3) is 4.41. The summed E-state index contributed by atoms with van der Waals surface area (Å²) < 4.78 is 10.1. The minimum Gasteiger partial charge on any atom is -0.494 e. The number of rotatable bonds is 8. The molecule has 0 saturated heterocycles. The summed E-state index contributed by atoms with van der Waals surface area (Å²) in [7, 11) is 0. The van der Waals surface area contributed by atoms with Crippen LogP contribution in [0.1, 0.15) is 34.6 Å². The zero-order valence-electron chi connectivity index (χ0n) is 17.2. The van der Waals surface area contributed by atoms with Gasteiger partial charge in [0.15, 0.2) is 6.61 Å². The standard InChI is InChI=1S/C21H19N3O8/c1-3-31-13-8-9-16(17(10-13)24(29)30)22-18(25)11-32-21(28)12(2)23-19(26)14-6-4-5-7-15(14)20(23)27/h4-10,12H,3,11H2,1-2H3,(H,22,25). The molecule has 1 aliphatic rings. The molecule has 0 spiro atoms. The number of benzene rings is 2. The fourth-order valence-electron chi connectivity index (χ4n) is 3.13. The van der Waals surface area contributed by atoms with E-state index < -0.39 is 47.0 Å². The summed E-state index contributed by atoms with van der Waals surface area (Å²) in [6.07, 6.45) is 0. The monoisotopic (exact) mass is 441 g/mol. The van der Waals surface area contributed by atoms with Crippen LogP contribution in [0.3, 0.4) is 0 Å². The van der Waals surface area contributed by atoms with Crippen LogP contribution in [-0.4, -0.2) is 52.8 Å². The van der Waals surface area contributed by atoms with E-state index in [0.29, 0.717) is 6.61 Å². The lowest BCUT2D eigenvalue weighted by molar-refractivity contribution is -0.384. The molecule has 0 bridgehead atoms. The van der Waals surface area contributed by atoms with Gasteiger partial charge in [-0.25, -0.2) is 4.79 Å². The van der Waals surface area contributed by atoms with Crippen LogP contribution < -0.4 is 10.1 Å². The Morgan fingerprint density at radius 1 is 1.12 bits per heavy atom. The highest BCUT2D eigenvalue weighted by Crippen LogP contribution is 2.29. The van der Waals surface area contributed by atoms with Gasteiger partial charge in [-0.3, -0.25) is 29.4 Å². The predicted octanol–water partition coefficient (Wildman–Crippen LogP) is 2.16. The maximum atomic E-state index is 12.5. The maximum Gasteiger partial charge on any atom is 0.329 e. The van der Waals surface area contributed by atoms with Crippen LogP contribution in [0.25, 0.3) is 0 Å². The molecule has 3 amide bonds. The Morgan fingerprint density at radius 3 is 2.31 bits per heavy atom. The van der Waals surface area contributed by atoms with E-state index in [1.165, 1.54) is 31.2 Å². The van der Waals surface area contributed by atoms with Crippen LogP contribution in [-0.2, 0) is 14.3 Å². The minimum absolute atomic E-state index is 0.104. The molecular weight excluding hydrogens is 422 g/mol. The number of nitro groups is 1. The van der Waals surface area contributed by atoms with Crippen molar-refractivity contribution >= 4 is 35.1 Å². The highest BCUT2D eigenvalue weighted by Gasteiger charge is 2.41. The number of fused-ring (bicyclic) bond motifs is 1. The average molecular weight is 441 g/mol. The largest absolute Gasteiger partial charge is 0.494 e. The van der Waals surface area contributed by atoms with Crippen LogP contribution >= 0.6 is 0 Å². The molecule has 3 rings (SSSR count). The molecule has 2 aromatic carbocycles. The Bertz CT molecular complexity index is 1080. The van der Waals surface area contributed by atoms with Crippen LogP contribution in [0.4, 0.5) is 11.4 Å². The number of hydrogen-bond donors (Lipinski definition) is 1. The highest BCUT2D eigenvalue weighted by atomic mass is 16.6. The molecule has 0 saturated carbocycles. The summed E-state index contributed by atoms with van der Waals surface area (Å²) in [5.74, 6) is -2.82. The average Bonchev–Trinajstić information content (AvgIpc) is 3.03. The smallest absolute Gasteiger partial charge is 0.329 e. The zero-order valence-corrected chi connectivity index (χ0v) is 17.2. The van der Waals surface area contributed by atoms with Crippen molar-refractivity contribution in [3.05, 3.63) is 63.7 Å². The topological polar surface area (TPSA) is 145 Å². The van der Waals surface area contributed by atoms with Crippen LogP contribution in [0.15, 0.2) is 42.5 Å². The zero-order chi connectivity index (χ0) is 23.4. The molecule has 11 nitrogen and oxygen atoms in total. The van der Waals surface area contributed by atoms with Crippen molar-refractivity contribution in [1.29, 1.82) is 0 Å². The summed E-state index contributed by atoms with van der Waals surface area (Å²) in [5.41, 5.74) is -0.140. The van der Waals surface area contributed by atoms with Gasteiger partial charge in [-0.2, -0.15) is 0 Å². The van der Waals surface area contributed by atoms with Crippen molar-refractivity contribution in [3.8, 4) is 5.75 Å². The first-order valence-corrected chi connectivity index (χ1v) is 9.59. The molecule has 32 heavy (non-hydrogen) atoms. The van der Waals surface area contributed by atoms with E-state index in [4.69, 9.17) is 9.47 Å². The second-order valence-electron chi connectivity index (χ2n) is 6.73. The molecule has 0 aromatic heterocycles. The number of nitrogens with zero attached hydrogens (tertiary/aromatic N) is 2. The second kappa shape index (κ2) is 9.25. The van der Waals surface area contributed by atoms with Gasteiger partial charge in [-0.1, -0.05) is 12.1 Å². The lowest BCUT2D eigenvalue weighted by Crippen LogP contribution is -2.44. The number of ether oxygens (including phenoxy) is 2. The minimum atomic E-state index is -1.27. The number of imide groups is 1. The summed E-state index contributed by atoms with van der Waals surface area (Å²) >= 11 is 0. The molecule has 1 N–H and O–H groups in total. The fraction of sp³-hybridized carbons (Fsp3) is 0.238. The Morgan fingerprint density at radius 2 is 1.75 bits per heavy atom. The number of amides is 3. The van der Waals surface area contributed by atoms with Gasteiger partial charge in [0.25, 0.3) is 23.4 Å². The third-order valence-electron chi connectivity index (χ3n) is 4.65. The number of nitrogens with one attached hydrogen (secondary N) is 1. The Labute approximate surface area is 182 Å². The molecular formula is C21H19N3O8. The van der Waals surface area contributed by atoms with Gasteiger partial charge in [-0.05, 0) is 38.1 Å². The Kier molecular flexibility index (Phi) is 6.47. The summed E-state index contributed by atoms with van der Waals surface area (Å²) in [6, 6.07) is 8.79. The quantitative estimate of drug-likeness (QED) is 0.284. The Hall–Kier alpha value is -4.28. The lowest BCUT2D eigenvalue weighted by Gasteiger charge is -2.20. The number of carbonyl (C=O) groups is 4. The third-order valence-corrected chi connectivity index (χ3v) is 4.65. The van der Waals surface area contributed by atoms with E-state index in [0.717, 1.165) is 11.0 Å². The van der Waals surface area contributed by atoms with Crippen LogP contribution in [0.2, 0.25) is 0 Å². The van der Waals surface area contributed by atoms with E-state index in [2.05, 4.69) is 5.32 Å². The van der Waals surface area contributed by atoms with Crippen molar-refractivity contribution in [2.24, 2.45) is 0 Å². The summed E-state index contributed by atoms with van der Waals surface area (Å²) in [6.45, 7) is 2.57. The molecule has 1 heterocycles. The number of hydrogen-bond acceptors (Lipinski definition) is 8. The van der Waals surface area contributed by atoms with Gasteiger partial charge >= 0.3 is 5.97 Å². The molecule has 2 aromatic rings. The van der Waals surface area contributed by atoms with E-state index in [9.17, 15) is 29.3 Å². The second-order valence-corrected chi connectivity index (χ2v) is 6.73. The summed E-state index contributed by atoms with van der Waals surface area (Å²) in [5, 5.41) is 13.6. The molecule has 1 aliphatic heterocycles. The van der Waals surface area contributed by atoms with Gasteiger partial charge in [0.05, 0.1) is 28.7 Å². The number of nitro benzene ring substituents is 1. The van der Waals surface area contributed by atoms with Crippen molar-refractivity contribution in [2.75, 3.05) is 18.5 Å². The molecule has 0 aliphatic carbocycles. The first kappa shape index (κ1) is 22.4. The molecule has 166 valence electrons. The molecule has 1 unspecified atom stereocenters. The summed E-state index contributed by atoms with van der Waals surface area (Å²) in [4.78, 5) is 60.8. The number of esters is 1. The van der Waals surface area contributed by atoms with Gasteiger partial charge < -0.3 is 14.8 Å². The van der Waals surface area contributed by atoms with Crippen molar-refractivity contribution < 1.29 is 33.6 Å². The Balaban J connectivity index is 1.62. The van der Waals surface area contributed by atoms with E-state index in [1.807, 2.05) is 0 Å². The number of carbonyl (C=O) groups excluding carboxylic acids is 4. The van der Waals surface area contributed by atoms with Gasteiger partial charge in [0, 0.05) is 0 Å². The first-order chi connectivity index (χ1) is 15.2. The molecule has 0 radical (unpaired) electrons. The highest BCUT2D eigenvalue weighted by molar-refractivity contribution is 6.22. The maximum absolute atomic E-state index is 12.5. The van der Waals surface area contributed by atoms with E-state index >= 15 is 0 Å². The van der Waals surface area contributed by atoms with Gasteiger partial charge in [0.2, 0.25) is 0 Å². The predicted molar refractivity (Wildman–Crippen MR) is 110 cm³/mol. The van der Waals surface area contributed by atoms with Crippen LogP contribution in [0, 0.1) is 10.1 Å². The van der Waals surface area contributed by atoms with Crippen molar-refractivity contribution in [2.45, 2.75) is 19.9 Å².